The van der Waals surface area contributed by atoms with Crippen molar-refractivity contribution < 1.29 is 18.0 Å². The molecule has 1 amide bonds. The molecule has 0 atom stereocenters. The Balaban J connectivity index is 3.03. The fraction of sp³-hybridized carbons (Fsp3) is 0.333. The van der Waals surface area contributed by atoms with Gasteiger partial charge < -0.3 is 11.1 Å². The Bertz CT molecular complexity index is 403. The number of hydrogen-bond acceptors (Lipinski definition) is 3. The van der Waals surface area contributed by atoms with Crippen LogP contribution in [0, 0.1) is 0 Å². The molecule has 0 aliphatic carbocycles. The second-order valence-corrected chi connectivity index (χ2v) is 3.15. The van der Waals surface area contributed by atoms with Crippen LogP contribution >= 0.6 is 0 Å². The lowest BCUT2D eigenvalue weighted by molar-refractivity contribution is -0.142. The van der Waals surface area contributed by atoms with Crippen molar-refractivity contribution >= 4 is 11.7 Å². The molecule has 0 fully saturated rings. The van der Waals surface area contributed by atoms with Gasteiger partial charge in [0.05, 0.1) is 0 Å². The number of alkyl halides is 3. The van der Waals surface area contributed by atoms with Crippen LogP contribution in [0.25, 0.3) is 0 Å². The Kier molecular flexibility index (Phi) is 3.36. The lowest BCUT2D eigenvalue weighted by atomic mass is 10.2. The second kappa shape index (κ2) is 4.38. The molecule has 4 nitrogen and oxygen atoms in total. The molecule has 0 saturated carbocycles. The Morgan fingerprint density at radius 3 is 2.62 bits per heavy atom. The third-order valence-corrected chi connectivity index (χ3v) is 1.80. The van der Waals surface area contributed by atoms with Gasteiger partial charge in [-0.25, -0.2) is 4.98 Å². The summed E-state index contributed by atoms with van der Waals surface area (Å²) in [6.07, 6.45) is -4.58. The van der Waals surface area contributed by atoms with Gasteiger partial charge in [-0.3, -0.25) is 4.79 Å². The maximum atomic E-state index is 12.5. The van der Waals surface area contributed by atoms with Crippen LogP contribution in [0.2, 0.25) is 0 Å². The van der Waals surface area contributed by atoms with Crippen LogP contribution < -0.4 is 11.1 Å². The maximum Gasteiger partial charge on any atom is 0.433 e. The van der Waals surface area contributed by atoms with Crippen LogP contribution in [0.5, 0.6) is 0 Å². The average molecular weight is 233 g/mol. The molecule has 3 N–H and O–H groups in total. The Morgan fingerprint density at radius 1 is 1.50 bits per heavy atom. The van der Waals surface area contributed by atoms with E-state index in [0.717, 1.165) is 0 Å². The number of pyridine rings is 1. The molecule has 16 heavy (non-hydrogen) atoms. The number of amides is 1. The first kappa shape index (κ1) is 12.3. The number of aromatic nitrogens is 1. The van der Waals surface area contributed by atoms with Gasteiger partial charge in [0, 0.05) is 19.0 Å². The van der Waals surface area contributed by atoms with E-state index in [-0.39, 0.29) is 17.9 Å². The number of carbonyl (C=O) groups excluding carboxylic acids is 1. The molecule has 1 aromatic heterocycles. The lowest BCUT2D eigenvalue weighted by Gasteiger charge is -2.12. The van der Waals surface area contributed by atoms with Gasteiger partial charge >= 0.3 is 6.18 Å². The minimum atomic E-state index is -4.58. The first-order chi connectivity index (χ1) is 7.30. The van der Waals surface area contributed by atoms with Gasteiger partial charge in [-0.2, -0.15) is 13.2 Å². The number of carbonyl (C=O) groups is 1. The summed E-state index contributed by atoms with van der Waals surface area (Å²) in [4.78, 5) is 13.8. The predicted octanol–water partition coefficient (Wildman–Crippen LogP) is 1.32. The van der Waals surface area contributed by atoms with Crippen molar-refractivity contribution in [2.24, 2.45) is 0 Å². The molecule has 0 bridgehead atoms. The van der Waals surface area contributed by atoms with Crippen LogP contribution in [-0.2, 0) is 17.5 Å². The molecule has 1 rings (SSSR count). The summed E-state index contributed by atoms with van der Waals surface area (Å²) in [6, 6.07) is 2.45. The van der Waals surface area contributed by atoms with Gasteiger partial charge in [0.1, 0.15) is 5.82 Å². The number of halogens is 3. The minimum Gasteiger partial charge on any atom is -0.384 e. The largest absolute Gasteiger partial charge is 0.433 e. The van der Waals surface area contributed by atoms with Crippen molar-refractivity contribution in [3.05, 3.63) is 23.4 Å². The fourth-order valence-electron chi connectivity index (χ4n) is 1.11. The lowest BCUT2D eigenvalue weighted by Crippen LogP contribution is -2.22. The van der Waals surface area contributed by atoms with Crippen molar-refractivity contribution in [3.63, 3.8) is 0 Å². The summed E-state index contributed by atoms with van der Waals surface area (Å²) in [5, 5.41) is 2.27. The molecule has 0 aromatic carbocycles. The van der Waals surface area contributed by atoms with Crippen molar-refractivity contribution in [1.29, 1.82) is 0 Å². The first-order valence-corrected chi connectivity index (χ1v) is 4.37. The summed E-state index contributed by atoms with van der Waals surface area (Å²) in [7, 11) is 0. The molecule has 0 spiro atoms. The van der Waals surface area contributed by atoms with E-state index in [1.165, 1.54) is 19.1 Å². The third-order valence-electron chi connectivity index (χ3n) is 1.80. The molecule has 88 valence electrons. The van der Waals surface area contributed by atoms with E-state index in [1.807, 2.05) is 0 Å². The van der Waals surface area contributed by atoms with Gasteiger partial charge in [0.15, 0.2) is 5.69 Å². The molecule has 0 saturated heterocycles. The smallest absolute Gasteiger partial charge is 0.384 e. The topological polar surface area (TPSA) is 68.0 Å². The van der Waals surface area contributed by atoms with E-state index in [4.69, 9.17) is 5.73 Å². The van der Waals surface area contributed by atoms with Gasteiger partial charge in [-0.1, -0.05) is 6.07 Å². The summed E-state index contributed by atoms with van der Waals surface area (Å²) in [5.41, 5.74) is 4.00. The first-order valence-electron chi connectivity index (χ1n) is 4.37. The number of nitrogen functional groups attached to an aromatic ring is 1. The number of nitrogens with zero attached hydrogens (tertiary/aromatic N) is 1. The number of anilines is 1. The van der Waals surface area contributed by atoms with Gasteiger partial charge in [-0.15, -0.1) is 0 Å². The highest BCUT2D eigenvalue weighted by molar-refractivity contribution is 5.72. The Labute approximate surface area is 89.7 Å². The Morgan fingerprint density at radius 2 is 2.12 bits per heavy atom. The van der Waals surface area contributed by atoms with E-state index in [9.17, 15) is 18.0 Å². The molecule has 1 heterocycles. The van der Waals surface area contributed by atoms with Gasteiger partial charge in [0.2, 0.25) is 5.91 Å². The summed E-state index contributed by atoms with van der Waals surface area (Å²) in [5.74, 6) is -0.621. The van der Waals surface area contributed by atoms with Crippen LogP contribution in [0.1, 0.15) is 18.2 Å². The fourth-order valence-corrected chi connectivity index (χ4v) is 1.11. The predicted molar refractivity (Wildman–Crippen MR) is 51.2 cm³/mol. The molecule has 0 aliphatic heterocycles. The van der Waals surface area contributed by atoms with E-state index in [2.05, 4.69) is 10.3 Å². The third kappa shape index (κ3) is 3.11. The summed E-state index contributed by atoms with van der Waals surface area (Å²) in [6.45, 7) is 0.995. The van der Waals surface area contributed by atoms with Gasteiger partial charge in [0.25, 0.3) is 0 Å². The molecular formula is C9H10F3N3O. The van der Waals surface area contributed by atoms with E-state index < -0.39 is 17.8 Å². The highest BCUT2D eigenvalue weighted by atomic mass is 19.4. The van der Waals surface area contributed by atoms with Crippen molar-refractivity contribution in [2.75, 3.05) is 5.73 Å². The summed E-state index contributed by atoms with van der Waals surface area (Å²) >= 11 is 0. The number of rotatable bonds is 2. The number of hydrogen-bond donors (Lipinski definition) is 2. The molecule has 0 radical (unpaired) electrons. The molecule has 1 aromatic rings. The zero-order valence-corrected chi connectivity index (χ0v) is 8.43. The van der Waals surface area contributed by atoms with Crippen molar-refractivity contribution in [3.8, 4) is 0 Å². The molecular weight excluding hydrogens is 223 g/mol. The Hall–Kier alpha value is -1.79. The standard InChI is InChI=1S/C9H10F3N3O/c1-5(16)14-4-6-2-3-7(13)15-8(6)9(10,11)12/h2-3H,4H2,1H3,(H2,13,15)(H,14,16). The van der Waals surface area contributed by atoms with Crippen LogP contribution in [0.15, 0.2) is 12.1 Å². The average Bonchev–Trinajstić information content (AvgIpc) is 2.14. The monoisotopic (exact) mass is 233 g/mol. The van der Waals surface area contributed by atoms with E-state index in [1.54, 1.807) is 0 Å². The summed E-state index contributed by atoms with van der Waals surface area (Å²) < 4.78 is 37.6. The van der Waals surface area contributed by atoms with Gasteiger partial charge in [-0.05, 0) is 6.07 Å². The number of nitrogens with two attached hydrogens (primary N) is 1. The van der Waals surface area contributed by atoms with Crippen molar-refractivity contribution in [2.45, 2.75) is 19.6 Å². The van der Waals surface area contributed by atoms with Crippen LogP contribution in [0.4, 0.5) is 19.0 Å². The van der Waals surface area contributed by atoms with E-state index in [0.29, 0.717) is 0 Å². The SMILES string of the molecule is CC(=O)NCc1ccc(N)nc1C(F)(F)F. The van der Waals surface area contributed by atoms with E-state index >= 15 is 0 Å². The molecule has 7 heteroatoms. The zero-order chi connectivity index (χ0) is 12.3. The maximum absolute atomic E-state index is 12.5. The minimum absolute atomic E-state index is 0.114. The highest BCUT2D eigenvalue weighted by Gasteiger charge is 2.35. The normalized spacial score (nSPS) is 11.2. The quantitative estimate of drug-likeness (QED) is 0.809. The molecule has 0 aliphatic rings. The molecule has 0 unspecified atom stereocenters. The second-order valence-electron chi connectivity index (χ2n) is 3.15. The van der Waals surface area contributed by atoms with Crippen molar-refractivity contribution in [1.82, 2.24) is 10.3 Å². The van der Waals surface area contributed by atoms with Crippen LogP contribution in [0.3, 0.4) is 0 Å². The highest BCUT2D eigenvalue weighted by Crippen LogP contribution is 2.30. The van der Waals surface area contributed by atoms with Crippen LogP contribution in [-0.4, -0.2) is 10.9 Å². The zero-order valence-electron chi connectivity index (χ0n) is 8.43. The number of nitrogens with one attached hydrogen (secondary N) is 1.